The highest BCUT2D eigenvalue weighted by Gasteiger charge is 2.22. The summed E-state index contributed by atoms with van der Waals surface area (Å²) in [6, 6.07) is 15.2. The number of fused-ring (bicyclic) bond motifs is 1. The number of aromatic nitrogens is 1. The van der Waals surface area contributed by atoms with Crippen LogP contribution in [0.4, 0.5) is 4.79 Å². The van der Waals surface area contributed by atoms with Gasteiger partial charge in [0.1, 0.15) is 5.60 Å². The molecule has 0 aliphatic carbocycles. The van der Waals surface area contributed by atoms with Crippen LogP contribution in [0, 0.1) is 0 Å². The third-order valence-electron chi connectivity index (χ3n) is 5.40. The molecule has 2 aromatic carbocycles. The van der Waals surface area contributed by atoms with E-state index in [1.807, 2.05) is 48.5 Å². The fourth-order valence-corrected chi connectivity index (χ4v) is 4.84. The van der Waals surface area contributed by atoms with Crippen molar-refractivity contribution in [3.63, 3.8) is 0 Å². The highest BCUT2D eigenvalue weighted by Crippen LogP contribution is 2.32. The number of aromatic amines is 1. The van der Waals surface area contributed by atoms with Crippen molar-refractivity contribution in [3.05, 3.63) is 65.2 Å². The summed E-state index contributed by atoms with van der Waals surface area (Å²) in [4.78, 5) is 40.0. The Bertz CT molecular complexity index is 1230. The van der Waals surface area contributed by atoms with Gasteiger partial charge >= 0.3 is 12.1 Å². The van der Waals surface area contributed by atoms with Gasteiger partial charge in [-0.05, 0) is 58.2 Å². The predicted molar refractivity (Wildman–Crippen MR) is 142 cm³/mol. The Hall–Kier alpha value is -3.26. The maximum Gasteiger partial charge on any atom is 0.408 e. The summed E-state index contributed by atoms with van der Waals surface area (Å²) >= 11 is 1.62. The van der Waals surface area contributed by atoms with Crippen LogP contribution in [0.3, 0.4) is 0 Å². The van der Waals surface area contributed by atoms with Gasteiger partial charge in [-0.15, -0.1) is 11.8 Å². The summed E-state index contributed by atoms with van der Waals surface area (Å²) in [5, 5.41) is 4.63. The molecule has 3 rings (SSSR count). The fourth-order valence-electron chi connectivity index (χ4n) is 3.81. The molecule has 0 aliphatic rings. The molecule has 1 heterocycles. The van der Waals surface area contributed by atoms with Crippen LogP contribution in [-0.2, 0) is 37.7 Å². The van der Waals surface area contributed by atoms with Gasteiger partial charge in [0, 0.05) is 22.2 Å². The lowest BCUT2D eigenvalue weighted by Gasteiger charge is -2.22. The van der Waals surface area contributed by atoms with E-state index in [0.29, 0.717) is 18.8 Å². The quantitative estimate of drug-likeness (QED) is 0.273. The summed E-state index contributed by atoms with van der Waals surface area (Å²) in [5.74, 6) is 0.280. The average Bonchev–Trinajstić information content (AvgIpc) is 3.13. The molecule has 0 radical (unpaired) electrons. The van der Waals surface area contributed by atoms with Crippen molar-refractivity contribution < 1.29 is 23.9 Å². The Kier molecular flexibility index (Phi) is 9.20. The molecule has 0 fully saturated rings. The van der Waals surface area contributed by atoms with Gasteiger partial charge in [-0.1, -0.05) is 42.5 Å². The van der Waals surface area contributed by atoms with Crippen molar-refractivity contribution in [2.45, 2.75) is 69.9 Å². The van der Waals surface area contributed by atoms with Crippen molar-refractivity contribution in [3.8, 4) is 0 Å². The van der Waals surface area contributed by atoms with Gasteiger partial charge in [-0.25, -0.2) is 4.79 Å². The molecule has 1 unspecified atom stereocenters. The first kappa shape index (κ1) is 27.3. The van der Waals surface area contributed by atoms with Gasteiger partial charge in [0.25, 0.3) is 0 Å². The third-order valence-corrected chi connectivity index (χ3v) is 6.51. The summed E-state index contributed by atoms with van der Waals surface area (Å²) < 4.78 is 10.5. The van der Waals surface area contributed by atoms with Gasteiger partial charge in [-0.3, -0.25) is 9.59 Å². The van der Waals surface area contributed by atoms with Gasteiger partial charge in [0.05, 0.1) is 24.1 Å². The molecule has 0 spiro atoms. The zero-order valence-electron chi connectivity index (χ0n) is 21.5. The second-order valence-electron chi connectivity index (χ2n) is 9.58. The number of alkyl carbamates (subject to hydrolysis) is 1. The zero-order valence-corrected chi connectivity index (χ0v) is 22.3. The maximum atomic E-state index is 12.2. The number of ether oxygens (including phenoxy) is 2. The van der Waals surface area contributed by atoms with Crippen molar-refractivity contribution in [1.82, 2.24) is 10.3 Å². The lowest BCUT2D eigenvalue weighted by molar-refractivity contribution is -0.142. The topological polar surface area (TPSA) is 97.5 Å². The number of thioether (sulfide) groups is 1. The van der Waals surface area contributed by atoms with E-state index < -0.39 is 17.7 Å². The molecule has 0 aliphatic heterocycles. The molecule has 0 saturated heterocycles. The largest absolute Gasteiger partial charge is 0.466 e. The number of H-pyrrole nitrogens is 1. The monoisotopic (exact) mass is 510 g/mol. The Labute approximate surface area is 216 Å². The van der Waals surface area contributed by atoms with E-state index in [1.165, 1.54) is 6.92 Å². The first-order chi connectivity index (χ1) is 17.1. The van der Waals surface area contributed by atoms with Gasteiger partial charge in [0.15, 0.2) is 5.78 Å². The predicted octanol–water partition coefficient (Wildman–Crippen LogP) is 5.59. The first-order valence-corrected chi connectivity index (χ1v) is 13.0. The van der Waals surface area contributed by atoms with Crippen molar-refractivity contribution in [2.75, 3.05) is 6.61 Å². The lowest BCUT2D eigenvalue weighted by Crippen LogP contribution is -2.43. The molecule has 2 N–H and O–H groups in total. The van der Waals surface area contributed by atoms with Crippen molar-refractivity contribution in [2.24, 2.45) is 0 Å². The summed E-state index contributed by atoms with van der Waals surface area (Å²) in [5.41, 5.74) is 3.27. The van der Waals surface area contributed by atoms with Crippen LogP contribution < -0.4 is 5.32 Å². The summed E-state index contributed by atoms with van der Waals surface area (Å²) in [7, 11) is 0. The van der Waals surface area contributed by atoms with Crippen LogP contribution in [0.2, 0.25) is 0 Å². The van der Waals surface area contributed by atoms with E-state index in [4.69, 9.17) is 9.47 Å². The molecule has 192 valence electrons. The minimum atomic E-state index is -0.673. The SMILES string of the molecule is CCOC(=O)Cc1c(SCc2cccc(CC(NC(=O)OC(C)(C)C)C(C)=O)c2)[nH]c2ccccc12. The van der Waals surface area contributed by atoms with Gasteiger partial charge in [0.2, 0.25) is 0 Å². The molecule has 1 amide bonds. The number of Topliss-reactive ketones (excluding diaryl/α,β-unsaturated/α-hetero) is 1. The minimum absolute atomic E-state index is 0.137. The zero-order chi connectivity index (χ0) is 26.3. The highest BCUT2D eigenvalue weighted by atomic mass is 32.2. The number of ketones is 1. The molecule has 8 heteroatoms. The number of para-hydroxylation sites is 1. The van der Waals surface area contributed by atoms with Crippen LogP contribution >= 0.6 is 11.8 Å². The Balaban J connectivity index is 1.72. The van der Waals surface area contributed by atoms with Gasteiger partial charge < -0.3 is 19.8 Å². The molecular formula is C28H34N2O5S. The minimum Gasteiger partial charge on any atom is -0.466 e. The Morgan fingerprint density at radius 1 is 1.06 bits per heavy atom. The number of hydrogen-bond acceptors (Lipinski definition) is 6. The number of hydrogen-bond donors (Lipinski definition) is 2. The van der Waals surface area contributed by atoms with E-state index in [2.05, 4.69) is 10.3 Å². The number of carbonyl (C=O) groups excluding carboxylic acids is 3. The Morgan fingerprint density at radius 3 is 2.47 bits per heavy atom. The molecule has 0 saturated carbocycles. The van der Waals surface area contributed by atoms with E-state index in [1.54, 1.807) is 39.5 Å². The maximum absolute atomic E-state index is 12.2. The fraction of sp³-hybridized carbons (Fsp3) is 0.393. The average molecular weight is 511 g/mol. The number of carbonyl (C=O) groups is 3. The van der Waals surface area contributed by atoms with E-state index in [-0.39, 0.29) is 18.2 Å². The third kappa shape index (κ3) is 7.88. The van der Waals surface area contributed by atoms with E-state index >= 15 is 0 Å². The van der Waals surface area contributed by atoms with Crippen molar-refractivity contribution >= 4 is 40.5 Å². The smallest absolute Gasteiger partial charge is 0.408 e. The van der Waals surface area contributed by atoms with Crippen LogP contribution in [-0.4, -0.2) is 41.1 Å². The molecule has 1 aromatic heterocycles. The molecule has 3 aromatic rings. The molecule has 7 nitrogen and oxygen atoms in total. The lowest BCUT2D eigenvalue weighted by atomic mass is 10.0. The van der Waals surface area contributed by atoms with E-state index in [0.717, 1.165) is 32.6 Å². The Morgan fingerprint density at radius 2 is 1.78 bits per heavy atom. The highest BCUT2D eigenvalue weighted by molar-refractivity contribution is 7.98. The van der Waals surface area contributed by atoms with Crippen molar-refractivity contribution in [1.29, 1.82) is 0 Å². The van der Waals surface area contributed by atoms with Crippen LogP contribution in [0.1, 0.15) is 51.3 Å². The number of amides is 1. The van der Waals surface area contributed by atoms with Crippen LogP contribution in [0.15, 0.2) is 53.6 Å². The summed E-state index contributed by atoms with van der Waals surface area (Å²) in [6.45, 7) is 8.95. The second kappa shape index (κ2) is 12.1. The summed E-state index contributed by atoms with van der Waals surface area (Å²) in [6.07, 6.45) is -0.0351. The van der Waals surface area contributed by atoms with E-state index in [9.17, 15) is 14.4 Å². The molecular weight excluding hydrogens is 476 g/mol. The van der Waals surface area contributed by atoms with Gasteiger partial charge in [-0.2, -0.15) is 0 Å². The molecule has 0 bridgehead atoms. The number of esters is 1. The van der Waals surface area contributed by atoms with Crippen LogP contribution in [0.5, 0.6) is 0 Å². The molecule has 36 heavy (non-hydrogen) atoms. The normalized spacial score (nSPS) is 12.2. The van der Waals surface area contributed by atoms with Crippen LogP contribution in [0.25, 0.3) is 10.9 Å². The number of nitrogens with one attached hydrogen (secondary N) is 2. The standard InChI is InChI=1S/C28H34N2O5S/c1-6-34-25(32)16-22-21-12-7-8-13-23(21)29-26(22)36-17-20-11-9-10-19(14-20)15-24(18(2)31)30-27(33)35-28(3,4)5/h7-14,24,29H,6,15-17H2,1-5H3,(H,30,33). The first-order valence-electron chi connectivity index (χ1n) is 12.0. The number of rotatable bonds is 10. The second-order valence-corrected chi connectivity index (χ2v) is 10.6. The number of benzene rings is 2. The molecule has 1 atom stereocenters.